The number of hydrogen-bond acceptors (Lipinski definition) is 4. The Labute approximate surface area is 190 Å². The molecule has 3 aromatic carbocycles. The Hall–Kier alpha value is -4.33. The van der Waals surface area contributed by atoms with Gasteiger partial charge in [-0.25, -0.2) is 9.59 Å². The highest BCUT2D eigenvalue weighted by Crippen LogP contribution is 2.17. The van der Waals surface area contributed by atoms with E-state index in [0.29, 0.717) is 22.5 Å². The minimum absolute atomic E-state index is 0.239. The number of fused-ring (bicyclic) bond motifs is 1. The number of oxazole rings is 1. The van der Waals surface area contributed by atoms with Crippen LogP contribution in [0.25, 0.3) is 11.1 Å². The van der Waals surface area contributed by atoms with E-state index in [1.807, 2.05) is 37.3 Å². The molecule has 0 aliphatic rings. The predicted molar refractivity (Wildman–Crippen MR) is 127 cm³/mol. The number of urea groups is 1. The second kappa shape index (κ2) is 9.44. The topological polar surface area (TPSA) is 105 Å². The third-order valence-corrected chi connectivity index (χ3v) is 5.21. The van der Waals surface area contributed by atoms with E-state index in [-0.39, 0.29) is 18.5 Å². The summed E-state index contributed by atoms with van der Waals surface area (Å²) in [6.07, 6.45) is 0. The van der Waals surface area contributed by atoms with Gasteiger partial charge in [0, 0.05) is 17.9 Å². The Morgan fingerprint density at radius 1 is 0.939 bits per heavy atom. The zero-order chi connectivity index (χ0) is 23.4. The van der Waals surface area contributed by atoms with Crippen LogP contribution in [0.3, 0.4) is 0 Å². The second-order valence-corrected chi connectivity index (χ2v) is 7.75. The Morgan fingerprint density at radius 2 is 1.64 bits per heavy atom. The number of aromatic nitrogens is 1. The van der Waals surface area contributed by atoms with Gasteiger partial charge in [-0.05, 0) is 61.4 Å². The zero-order valence-corrected chi connectivity index (χ0v) is 18.3. The fourth-order valence-electron chi connectivity index (χ4n) is 3.58. The van der Waals surface area contributed by atoms with Crippen molar-refractivity contribution in [3.8, 4) is 0 Å². The van der Waals surface area contributed by atoms with Gasteiger partial charge in [0.2, 0.25) is 5.91 Å². The highest BCUT2D eigenvalue weighted by molar-refractivity contribution is 5.99. The van der Waals surface area contributed by atoms with Crippen molar-refractivity contribution in [1.29, 1.82) is 0 Å². The Kier molecular flexibility index (Phi) is 6.26. The summed E-state index contributed by atoms with van der Waals surface area (Å²) in [6.45, 7) is 3.84. The lowest BCUT2D eigenvalue weighted by atomic mass is 10.2. The molecule has 0 saturated heterocycles. The summed E-state index contributed by atoms with van der Waals surface area (Å²) in [6, 6.07) is 20.6. The molecule has 1 aromatic heterocycles. The van der Waals surface area contributed by atoms with Crippen LogP contribution in [0.4, 0.5) is 16.2 Å². The van der Waals surface area contributed by atoms with Crippen molar-refractivity contribution >= 4 is 34.4 Å². The molecule has 8 nitrogen and oxygen atoms in total. The van der Waals surface area contributed by atoms with Crippen molar-refractivity contribution in [3.05, 3.63) is 94.5 Å². The lowest BCUT2D eigenvalue weighted by Crippen LogP contribution is -2.34. The number of nitrogens with zero attached hydrogens (tertiary/aromatic N) is 1. The zero-order valence-electron chi connectivity index (χ0n) is 18.3. The van der Waals surface area contributed by atoms with E-state index in [1.54, 1.807) is 49.4 Å². The van der Waals surface area contributed by atoms with Crippen LogP contribution in [-0.4, -0.2) is 16.5 Å². The van der Waals surface area contributed by atoms with E-state index in [9.17, 15) is 14.4 Å². The molecule has 0 spiro atoms. The Morgan fingerprint density at radius 3 is 2.39 bits per heavy atom. The van der Waals surface area contributed by atoms with Crippen LogP contribution in [0, 0.1) is 6.92 Å². The largest absolute Gasteiger partial charge is 0.420 e. The van der Waals surface area contributed by atoms with Crippen LogP contribution in [0.15, 0.2) is 82.0 Å². The van der Waals surface area contributed by atoms with Crippen molar-refractivity contribution in [2.45, 2.75) is 26.4 Å². The van der Waals surface area contributed by atoms with Crippen molar-refractivity contribution in [2.24, 2.45) is 0 Å². The van der Waals surface area contributed by atoms with Gasteiger partial charge >= 0.3 is 11.8 Å². The van der Waals surface area contributed by atoms with Crippen LogP contribution in [0.1, 0.15) is 24.1 Å². The van der Waals surface area contributed by atoms with Crippen LogP contribution < -0.4 is 21.7 Å². The Bertz CT molecular complexity index is 1370. The lowest BCUT2D eigenvalue weighted by Gasteiger charge is -2.14. The molecule has 0 aliphatic carbocycles. The van der Waals surface area contributed by atoms with E-state index in [0.717, 1.165) is 11.1 Å². The summed E-state index contributed by atoms with van der Waals surface area (Å²) in [4.78, 5) is 37.2. The first-order valence-electron chi connectivity index (χ1n) is 10.5. The SMILES string of the molecule is Cc1cccc(NC(=O)Nc2cccc(CNC(=O)C(C)n3c(=O)oc4ccccc43)c2)c1. The molecule has 3 amide bonds. The normalized spacial score (nSPS) is 11.7. The van der Waals surface area contributed by atoms with Gasteiger partial charge in [0.15, 0.2) is 5.58 Å². The van der Waals surface area contributed by atoms with Crippen molar-refractivity contribution in [3.63, 3.8) is 0 Å². The predicted octanol–water partition coefficient (Wildman–Crippen LogP) is 4.42. The number of carbonyl (C=O) groups is 2. The fraction of sp³-hybridized carbons (Fsp3) is 0.160. The number of carbonyl (C=O) groups excluding carboxylic acids is 2. The number of amides is 3. The Balaban J connectivity index is 1.38. The first-order valence-corrected chi connectivity index (χ1v) is 10.5. The molecule has 8 heteroatoms. The average Bonchev–Trinajstić information content (AvgIpc) is 3.12. The summed E-state index contributed by atoms with van der Waals surface area (Å²) < 4.78 is 6.55. The minimum atomic E-state index is -0.748. The van der Waals surface area contributed by atoms with E-state index in [2.05, 4.69) is 16.0 Å². The van der Waals surface area contributed by atoms with Gasteiger partial charge in [0.1, 0.15) is 6.04 Å². The minimum Gasteiger partial charge on any atom is -0.408 e. The molecule has 0 bridgehead atoms. The molecule has 168 valence electrons. The van der Waals surface area contributed by atoms with Crippen molar-refractivity contribution in [2.75, 3.05) is 10.6 Å². The van der Waals surface area contributed by atoms with E-state index < -0.39 is 11.8 Å². The first-order chi connectivity index (χ1) is 15.9. The van der Waals surface area contributed by atoms with Gasteiger partial charge in [-0.1, -0.05) is 36.4 Å². The quantitative estimate of drug-likeness (QED) is 0.409. The van der Waals surface area contributed by atoms with Crippen LogP contribution in [-0.2, 0) is 11.3 Å². The highest BCUT2D eigenvalue weighted by Gasteiger charge is 2.21. The molecule has 0 saturated carbocycles. The van der Waals surface area contributed by atoms with Gasteiger partial charge < -0.3 is 20.4 Å². The summed E-state index contributed by atoms with van der Waals surface area (Å²) in [5.41, 5.74) is 4.14. The molecule has 4 rings (SSSR count). The lowest BCUT2D eigenvalue weighted by molar-refractivity contribution is -0.124. The molecule has 3 N–H and O–H groups in total. The van der Waals surface area contributed by atoms with Crippen LogP contribution >= 0.6 is 0 Å². The maximum absolute atomic E-state index is 12.7. The number of aryl methyl sites for hydroxylation is 1. The molecule has 1 heterocycles. The van der Waals surface area contributed by atoms with Crippen LogP contribution in [0.5, 0.6) is 0 Å². The summed E-state index contributed by atoms with van der Waals surface area (Å²) >= 11 is 0. The molecule has 1 unspecified atom stereocenters. The smallest absolute Gasteiger partial charge is 0.408 e. The van der Waals surface area contributed by atoms with Gasteiger partial charge in [-0.15, -0.1) is 0 Å². The molecule has 33 heavy (non-hydrogen) atoms. The van der Waals surface area contributed by atoms with E-state index in [4.69, 9.17) is 4.42 Å². The molecular formula is C25H24N4O4. The number of hydrogen-bond donors (Lipinski definition) is 3. The third-order valence-electron chi connectivity index (χ3n) is 5.21. The maximum Gasteiger partial charge on any atom is 0.420 e. The molecule has 1 atom stereocenters. The molecule has 4 aromatic rings. The number of para-hydroxylation sites is 2. The van der Waals surface area contributed by atoms with Gasteiger partial charge in [0.05, 0.1) is 5.52 Å². The number of benzene rings is 3. The number of anilines is 2. The summed E-state index contributed by atoms with van der Waals surface area (Å²) in [7, 11) is 0. The standard InChI is InChI=1S/C25H24N4O4/c1-16-7-5-9-19(13-16)27-24(31)28-20-10-6-8-18(14-20)15-26-23(30)17(2)29-21-11-3-4-12-22(21)33-25(29)32/h3-14,17H,15H2,1-2H3,(H,26,30)(H2,27,28,31). The van der Waals surface area contributed by atoms with Gasteiger partial charge in [-0.3, -0.25) is 9.36 Å². The number of nitrogens with one attached hydrogen (secondary N) is 3. The van der Waals surface area contributed by atoms with Gasteiger partial charge in [0.25, 0.3) is 0 Å². The monoisotopic (exact) mass is 444 g/mol. The highest BCUT2D eigenvalue weighted by atomic mass is 16.4. The first kappa shape index (κ1) is 21.9. The van der Waals surface area contributed by atoms with Crippen LogP contribution in [0.2, 0.25) is 0 Å². The molecule has 0 aliphatic heterocycles. The molecule has 0 fully saturated rings. The fourth-order valence-corrected chi connectivity index (χ4v) is 3.58. The average molecular weight is 444 g/mol. The van der Waals surface area contributed by atoms with Gasteiger partial charge in [-0.2, -0.15) is 0 Å². The van der Waals surface area contributed by atoms with E-state index in [1.165, 1.54) is 4.57 Å². The summed E-state index contributed by atoms with van der Waals surface area (Å²) in [5.74, 6) is -0.899. The maximum atomic E-state index is 12.7. The molecule has 0 radical (unpaired) electrons. The van der Waals surface area contributed by atoms with Crippen molar-refractivity contribution < 1.29 is 14.0 Å². The van der Waals surface area contributed by atoms with E-state index >= 15 is 0 Å². The number of rotatable bonds is 6. The third kappa shape index (κ3) is 5.12. The van der Waals surface area contributed by atoms with Crippen molar-refractivity contribution in [1.82, 2.24) is 9.88 Å². The molecular weight excluding hydrogens is 420 g/mol. The second-order valence-electron chi connectivity index (χ2n) is 7.75. The summed E-state index contributed by atoms with van der Waals surface area (Å²) in [5, 5.41) is 8.42.